The maximum absolute atomic E-state index is 14.2. The van der Waals surface area contributed by atoms with Crippen LogP contribution in [0.4, 0.5) is 0 Å². The SMILES string of the molecule is CO[C@H]1C[C@H](CC[C@H](C)[C@H](O)[C@H](C)[C@H]2OC(=O)/C(C)=C/C[C@H](O)C[C@@H]3C=CC[C@@H](C[C@@H](OC)[C@H](C)[C@H](O)C[C@H](O)[C@@H](C)[C@@H]([C@@H](C)[C@@H](O)[C@@H](C)CC[C@H]4C[C@H](OC)C[C@H](C)O4)OC(=O)/C(C)=C/C[C@@H](O)C[C@@H]4C=CC[C@@H](C[C@@H](OC)[C@H](C)[C@H](O)C[C@H](O)[C@H]2C)O4)O3)O[C@@H](C)C1. The Morgan fingerprint density at radius 2 is 0.809 bits per heavy atom. The first-order chi connectivity index (χ1) is 44.5. The normalized spacial score (nSPS) is 41.4. The molecule has 5 rings (SSSR count). The van der Waals surface area contributed by atoms with Crippen LogP contribution in [-0.4, -0.2) is 216 Å². The molecule has 0 aromatic rings. The molecule has 0 radical (unpaired) electrons. The first-order valence-electron chi connectivity index (χ1n) is 35.7. The lowest BCUT2D eigenvalue weighted by atomic mass is 9.78. The number of fused-ring (bicyclic) bond motifs is 4. The van der Waals surface area contributed by atoms with Gasteiger partial charge < -0.3 is 88.2 Å². The van der Waals surface area contributed by atoms with E-state index in [1.54, 1.807) is 68.3 Å². The number of hydrogen-bond donors (Lipinski definition) is 8. The minimum atomic E-state index is -1.18. The van der Waals surface area contributed by atoms with E-state index in [0.29, 0.717) is 51.4 Å². The number of ether oxygens (including phenoxy) is 10. The van der Waals surface area contributed by atoms with Gasteiger partial charge in [0.15, 0.2) is 0 Å². The number of methoxy groups -OCH3 is 4. The van der Waals surface area contributed by atoms with Gasteiger partial charge in [0.05, 0.1) is 122 Å². The van der Waals surface area contributed by atoms with Gasteiger partial charge in [-0.3, -0.25) is 0 Å². The molecule has 2 saturated heterocycles. The molecule has 94 heavy (non-hydrogen) atoms. The summed E-state index contributed by atoms with van der Waals surface area (Å²) in [6.45, 7) is 22.1. The molecule has 0 saturated carbocycles. The zero-order chi connectivity index (χ0) is 69.7. The van der Waals surface area contributed by atoms with Gasteiger partial charge in [-0.15, -0.1) is 0 Å². The number of esters is 2. The summed E-state index contributed by atoms with van der Waals surface area (Å²) >= 11 is 0. The molecular weight excluding hydrogens is 1210 g/mol. The fourth-order valence-electron chi connectivity index (χ4n) is 15.0. The number of carbonyl (C=O) groups excluding carboxylic acids is 2. The number of hydrogen-bond acceptors (Lipinski definition) is 20. The summed E-state index contributed by atoms with van der Waals surface area (Å²) in [6, 6.07) is 0. The van der Waals surface area contributed by atoms with Crippen molar-refractivity contribution >= 4 is 11.9 Å². The summed E-state index contributed by atoms with van der Waals surface area (Å²) in [7, 11) is 6.56. The maximum Gasteiger partial charge on any atom is 0.333 e. The lowest BCUT2D eigenvalue weighted by molar-refractivity contribution is -0.160. The third kappa shape index (κ3) is 25.5. The summed E-state index contributed by atoms with van der Waals surface area (Å²) in [5, 5.41) is 94.8. The highest BCUT2D eigenvalue weighted by atomic mass is 16.6. The number of rotatable bonds is 16. The second-order valence-electron chi connectivity index (χ2n) is 29.5. The van der Waals surface area contributed by atoms with E-state index in [0.717, 1.165) is 25.7 Å². The van der Waals surface area contributed by atoms with E-state index in [9.17, 15) is 50.4 Å². The molecule has 544 valence electrons. The maximum atomic E-state index is 14.2. The molecule has 0 amide bonds. The quantitative estimate of drug-likeness (QED) is 0.0528. The average Bonchev–Trinajstić information content (AvgIpc) is 0.891. The largest absolute Gasteiger partial charge is 0.458 e. The Morgan fingerprint density at radius 1 is 0.457 bits per heavy atom. The van der Waals surface area contributed by atoms with Crippen LogP contribution in [0.3, 0.4) is 0 Å². The van der Waals surface area contributed by atoms with E-state index >= 15 is 0 Å². The molecular formula is C74H128O20. The van der Waals surface area contributed by atoms with Crippen LogP contribution >= 0.6 is 0 Å². The van der Waals surface area contributed by atoms with Crippen LogP contribution in [0, 0.1) is 47.3 Å². The number of aliphatic hydroxyl groups is 8. The average molecular weight is 1340 g/mol. The van der Waals surface area contributed by atoms with E-state index in [1.165, 1.54) is 0 Å². The first kappa shape index (κ1) is 81.9. The Kier molecular flexibility index (Phi) is 35.3. The van der Waals surface area contributed by atoms with Crippen LogP contribution in [0.5, 0.6) is 0 Å². The third-order valence-corrected chi connectivity index (χ3v) is 21.9. The molecule has 0 aliphatic carbocycles. The molecule has 20 heteroatoms. The van der Waals surface area contributed by atoms with E-state index in [4.69, 9.17) is 47.4 Å². The zero-order valence-corrected chi connectivity index (χ0v) is 60.0. The molecule has 0 spiro atoms. The number of aliphatic hydroxyl groups excluding tert-OH is 8. The van der Waals surface area contributed by atoms with Crippen molar-refractivity contribution in [2.75, 3.05) is 28.4 Å². The first-order valence-corrected chi connectivity index (χ1v) is 35.7. The van der Waals surface area contributed by atoms with Crippen LogP contribution in [0.1, 0.15) is 199 Å². The van der Waals surface area contributed by atoms with E-state index in [-0.39, 0.29) is 110 Å². The van der Waals surface area contributed by atoms with Crippen molar-refractivity contribution in [2.45, 2.75) is 333 Å². The van der Waals surface area contributed by atoms with Crippen molar-refractivity contribution in [3.8, 4) is 0 Å². The highest BCUT2D eigenvalue weighted by molar-refractivity contribution is 5.88. The Hall–Kier alpha value is -2.74. The molecule has 30 atom stereocenters. The topological polar surface area (TPSA) is 288 Å². The molecule has 5 aliphatic heterocycles. The lowest BCUT2D eigenvalue weighted by Crippen LogP contribution is -2.46. The molecule has 0 aromatic carbocycles. The van der Waals surface area contributed by atoms with Crippen LogP contribution in [0.15, 0.2) is 47.6 Å². The summed E-state index contributed by atoms with van der Waals surface area (Å²) in [6.07, 6.45) is 6.49. The number of cyclic esters (lactones) is 2. The van der Waals surface area contributed by atoms with Gasteiger partial charge in [0.2, 0.25) is 0 Å². The van der Waals surface area contributed by atoms with Crippen molar-refractivity contribution in [3.63, 3.8) is 0 Å². The predicted octanol–water partition coefficient (Wildman–Crippen LogP) is 9.00. The van der Waals surface area contributed by atoms with Crippen molar-refractivity contribution < 1.29 is 97.8 Å². The fraction of sp³-hybridized carbons (Fsp3) is 0.865. The minimum absolute atomic E-state index is 0.0361. The molecule has 0 unspecified atom stereocenters. The summed E-state index contributed by atoms with van der Waals surface area (Å²) in [5.74, 6) is -5.62. The van der Waals surface area contributed by atoms with Gasteiger partial charge in [-0.25, -0.2) is 9.59 Å². The van der Waals surface area contributed by atoms with Crippen LogP contribution < -0.4 is 0 Å². The molecule has 4 bridgehead atoms. The summed E-state index contributed by atoms with van der Waals surface area (Å²) in [5.41, 5.74) is 0.470. The Balaban J connectivity index is 1.38. The standard InChI is InChI=1S/C74H128O20/c1-41(25-29-59-35-61(85-13)31-45(5)89-59)69(81)51(11)71-49(9)65(79)39-63(77)47(7)67(87-15)37-57-21-18-20-56(92-57)34-54(76)28-24-44(4)74(84)94-72(52(12)70(82)42(2)26-30-60-36-62(86-14)32-46(6)90-60)50(10)66(80)40-64(78)48(8)68(88-16)38-58-22-17-19-55(91-58)33-53(75)27-23-43(3)73(83)93-71/h17-20,23-24,41-42,45-72,75-82H,21-22,25-40H2,1-16H3/b43-23+,44-24+/t41-,42-,45-,46-,47+,48+,49+,50+,51-,52-,53-,54+,55-,56-,57-,58-,59-,60-,61+,62+,63+,64+,65-,66-,67+,68+,69-,70-,71-,72-/m0/s1. The van der Waals surface area contributed by atoms with Crippen molar-refractivity contribution in [3.05, 3.63) is 47.6 Å². The molecule has 2 fully saturated rings. The summed E-state index contributed by atoms with van der Waals surface area (Å²) in [4.78, 5) is 28.4. The van der Waals surface area contributed by atoms with Gasteiger partial charge in [0.25, 0.3) is 0 Å². The van der Waals surface area contributed by atoms with Gasteiger partial charge in [-0.1, -0.05) is 91.8 Å². The lowest BCUT2D eigenvalue weighted by Gasteiger charge is -2.38. The van der Waals surface area contributed by atoms with Crippen LogP contribution in [0.25, 0.3) is 0 Å². The molecule has 0 aromatic heterocycles. The minimum Gasteiger partial charge on any atom is -0.458 e. The zero-order valence-electron chi connectivity index (χ0n) is 60.0. The molecule has 8 N–H and O–H groups in total. The highest BCUT2D eigenvalue weighted by Crippen LogP contribution is 2.37. The smallest absolute Gasteiger partial charge is 0.333 e. The highest BCUT2D eigenvalue weighted by Gasteiger charge is 2.43. The predicted molar refractivity (Wildman–Crippen MR) is 359 cm³/mol. The number of carbonyl (C=O) groups is 2. The van der Waals surface area contributed by atoms with Crippen LogP contribution in [0.2, 0.25) is 0 Å². The fourth-order valence-corrected chi connectivity index (χ4v) is 15.0. The van der Waals surface area contributed by atoms with E-state index < -0.39 is 133 Å². The second kappa shape index (κ2) is 40.5. The second-order valence-corrected chi connectivity index (χ2v) is 29.5. The summed E-state index contributed by atoms with van der Waals surface area (Å²) < 4.78 is 61.5. The van der Waals surface area contributed by atoms with E-state index in [1.807, 2.05) is 79.7 Å². The van der Waals surface area contributed by atoms with Gasteiger partial charge in [0, 0.05) is 101 Å². The van der Waals surface area contributed by atoms with Crippen molar-refractivity contribution in [1.82, 2.24) is 0 Å². The Labute approximate surface area is 563 Å². The monoisotopic (exact) mass is 1340 g/mol. The third-order valence-electron chi connectivity index (χ3n) is 21.9. The van der Waals surface area contributed by atoms with Gasteiger partial charge in [0.1, 0.15) is 12.2 Å². The van der Waals surface area contributed by atoms with Gasteiger partial charge in [-0.05, 0) is 129 Å². The Morgan fingerprint density at radius 3 is 1.15 bits per heavy atom. The molecule has 5 aliphatic rings. The Bertz CT molecular complexity index is 2160. The van der Waals surface area contributed by atoms with Crippen LogP contribution in [-0.2, 0) is 57.0 Å². The molecule has 5 heterocycles. The van der Waals surface area contributed by atoms with Crippen molar-refractivity contribution in [2.24, 2.45) is 47.3 Å². The van der Waals surface area contributed by atoms with Gasteiger partial charge >= 0.3 is 11.9 Å². The van der Waals surface area contributed by atoms with Gasteiger partial charge in [-0.2, -0.15) is 0 Å². The van der Waals surface area contributed by atoms with E-state index in [2.05, 4.69) is 0 Å². The van der Waals surface area contributed by atoms with Crippen molar-refractivity contribution in [1.29, 1.82) is 0 Å². The molecule has 20 nitrogen and oxygen atoms in total.